The third-order valence-corrected chi connectivity index (χ3v) is 3.73. The molecule has 0 bridgehead atoms. The highest BCUT2D eigenvalue weighted by Crippen LogP contribution is 2.23. The van der Waals surface area contributed by atoms with Crippen LogP contribution >= 0.6 is 11.8 Å². The van der Waals surface area contributed by atoms with Crippen molar-refractivity contribution in [2.24, 2.45) is 0 Å². The van der Waals surface area contributed by atoms with Crippen LogP contribution in [-0.4, -0.2) is 12.4 Å². The van der Waals surface area contributed by atoms with E-state index in [0.717, 1.165) is 29.4 Å². The van der Waals surface area contributed by atoms with Crippen LogP contribution in [0.3, 0.4) is 0 Å². The van der Waals surface area contributed by atoms with Gasteiger partial charge in [-0.05, 0) is 43.7 Å². The van der Waals surface area contributed by atoms with Gasteiger partial charge in [0.25, 0.3) is 0 Å². The van der Waals surface area contributed by atoms with Gasteiger partial charge in [-0.25, -0.2) is 0 Å². The minimum atomic E-state index is 0.716. The first-order valence-electron chi connectivity index (χ1n) is 5.91. The lowest BCUT2D eigenvalue weighted by Gasteiger charge is -2.06. The van der Waals surface area contributed by atoms with Crippen LogP contribution in [0.25, 0.3) is 0 Å². The van der Waals surface area contributed by atoms with Gasteiger partial charge in [-0.2, -0.15) is 0 Å². The first kappa shape index (κ1) is 12.9. The molecule has 0 aliphatic carbocycles. The second-order valence-corrected chi connectivity index (χ2v) is 5.10. The minimum Gasteiger partial charge on any atom is -0.494 e. The lowest BCUT2D eigenvalue weighted by molar-refractivity contribution is 0.319. The van der Waals surface area contributed by atoms with E-state index < -0.39 is 0 Å². The van der Waals surface area contributed by atoms with Gasteiger partial charge in [0.15, 0.2) is 0 Å². The summed E-state index contributed by atoms with van der Waals surface area (Å²) in [7, 11) is 0. The number of benzene rings is 1. The molecule has 2 rings (SSSR count). The Bertz CT molecular complexity index is 479. The average molecular weight is 263 g/mol. The normalized spacial score (nSPS) is 10.5. The summed E-state index contributed by atoms with van der Waals surface area (Å²) in [6, 6.07) is 9.48. The molecule has 3 nitrogen and oxygen atoms in total. The summed E-state index contributed by atoms with van der Waals surface area (Å²) in [5, 5.41) is 0. The zero-order chi connectivity index (χ0) is 12.8. The van der Waals surface area contributed by atoms with E-state index in [2.05, 4.69) is 0 Å². The fraction of sp³-hybridized carbons (Fsp3) is 0.286. The Labute approximate surface area is 111 Å². The number of rotatable bonds is 6. The largest absolute Gasteiger partial charge is 0.494 e. The third-order valence-electron chi connectivity index (χ3n) is 2.51. The number of nitrogens with two attached hydrogens (primary N) is 1. The van der Waals surface area contributed by atoms with Crippen molar-refractivity contribution in [1.29, 1.82) is 0 Å². The molecule has 96 valence electrons. The van der Waals surface area contributed by atoms with Gasteiger partial charge in [0, 0.05) is 16.3 Å². The standard InChI is InChI=1S/C14H17NO2S/c1-11-14(7-9-16-11)18-10-2-8-17-13-5-3-12(15)4-6-13/h3-7,9H,2,8,10,15H2,1H3. The van der Waals surface area contributed by atoms with E-state index in [-0.39, 0.29) is 0 Å². The predicted octanol–water partition coefficient (Wildman–Crippen LogP) is 3.73. The molecule has 2 aromatic rings. The quantitative estimate of drug-likeness (QED) is 0.490. The molecule has 0 fully saturated rings. The molecular weight excluding hydrogens is 246 g/mol. The Morgan fingerprint density at radius 3 is 2.67 bits per heavy atom. The van der Waals surface area contributed by atoms with Gasteiger partial charge in [-0.15, -0.1) is 11.8 Å². The second-order valence-electron chi connectivity index (χ2n) is 3.96. The van der Waals surface area contributed by atoms with Gasteiger partial charge in [-0.1, -0.05) is 0 Å². The first-order chi connectivity index (χ1) is 8.75. The van der Waals surface area contributed by atoms with Crippen LogP contribution in [0.1, 0.15) is 12.2 Å². The number of thioether (sulfide) groups is 1. The summed E-state index contributed by atoms with van der Waals surface area (Å²) >= 11 is 1.80. The molecule has 0 spiro atoms. The molecule has 0 saturated carbocycles. The lowest BCUT2D eigenvalue weighted by Crippen LogP contribution is -1.98. The van der Waals surface area contributed by atoms with Crippen molar-refractivity contribution < 1.29 is 9.15 Å². The van der Waals surface area contributed by atoms with Crippen molar-refractivity contribution in [2.75, 3.05) is 18.1 Å². The number of aryl methyl sites for hydroxylation is 1. The molecule has 4 heteroatoms. The third kappa shape index (κ3) is 3.74. The monoisotopic (exact) mass is 263 g/mol. The zero-order valence-electron chi connectivity index (χ0n) is 10.4. The van der Waals surface area contributed by atoms with E-state index in [1.165, 1.54) is 4.90 Å². The van der Waals surface area contributed by atoms with Gasteiger partial charge in [-0.3, -0.25) is 0 Å². The molecule has 18 heavy (non-hydrogen) atoms. The Hall–Kier alpha value is -1.55. The Morgan fingerprint density at radius 1 is 1.22 bits per heavy atom. The van der Waals surface area contributed by atoms with Gasteiger partial charge in [0.2, 0.25) is 0 Å². The molecule has 1 heterocycles. The summed E-state index contributed by atoms with van der Waals surface area (Å²) in [4.78, 5) is 1.21. The highest BCUT2D eigenvalue weighted by atomic mass is 32.2. The van der Waals surface area contributed by atoms with Gasteiger partial charge < -0.3 is 14.9 Å². The fourth-order valence-corrected chi connectivity index (χ4v) is 2.40. The minimum absolute atomic E-state index is 0.716. The smallest absolute Gasteiger partial charge is 0.119 e. The van der Waals surface area contributed by atoms with Gasteiger partial charge in [0.05, 0.1) is 12.9 Å². The molecule has 0 amide bonds. The van der Waals surface area contributed by atoms with E-state index in [4.69, 9.17) is 14.9 Å². The Kier molecular flexibility index (Phi) is 4.59. The van der Waals surface area contributed by atoms with Gasteiger partial charge in [0.1, 0.15) is 11.5 Å². The maximum Gasteiger partial charge on any atom is 0.119 e. The fourth-order valence-electron chi connectivity index (χ4n) is 1.52. The van der Waals surface area contributed by atoms with Crippen molar-refractivity contribution in [2.45, 2.75) is 18.2 Å². The van der Waals surface area contributed by atoms with E-state index in [9.17, 15) is 0 Å². The number of hydrogen-bond acceptors (Lipinski definition) is 4. The number of furan rings is 1. The highest BCUT2D eigenvalue weighted by molar-refractivity contribution is 7.99. The molecular formula is C14H17NO2S. The lowest BCUT2D eigenvalue weighted by atomic mass is 10.3. The van der Waals surface area contributed by atoms with Crippen LogP contribution in [-0.2, 0) is 0 Å². The molecule has 0 aliphatic heterocycles. The van der Waals surface area contributed by atoms with Crippen LogP contribution in [0.5, 0.6) is 5.75 Å². The summed E-state index contributed by atoms with van der Waals surface area (Å²) in [5.41, 5.74) is 6.36. The van der Waals surface area contributed by atoms with Crippen molar-refractivity contribution >= 4 is 17.4 Å². The molecule has 1 aromatic carbocycles. The Morgan fingerprint density at radius 2 is 2.00 bits per heavy atom. The van der Waals surface area contributed by atoms with Crippen molar-refractivity contribution in [3.8, 4) is 5.75 Å². The van der Waals surface area contributed by atoms with Crippen LogP contribution < -0.4 is 10.5 Å². The van der Waals surface area contributed by atoms with E-state index in [1.807, 2.05) is 37.3 Å². The number of hydrogen-bond donors (Lipinski definition) is 1. The predicted molar refractivity (Wildman–Crippen MR) is 75.1 cm³/mol. The van der Waals surface area contributed by atoms with Crippen molar-refractivity contribution in [1.82, 2.24) is 0 Å². The highest BCUT2D eigenvalue weighted by Gasteiger charge is 2.01. The number of anilines is 1. The molecule has 0 aliphatic rings. The molecule has 0 atom stereocenters. The molecule has 1 aromatic heterocycles. The second kappa shape index (κ2) is 6.40. The van der Waals surface area contributed by atoms with Crippen LogP contribution in [0.15, 0.2) is 45.9 Å². The maximum absolute atomic E-state index is 5.62. The van der Waals surface area contributed by atoms with Crippen LogP contribution in [0.2, 0.25) is 0 Å². The summed E-state index contributed by atoms with van der Waals surface area (Å²) in [6.07, 6.45) is 2.72. The van der Waals surface area contributed by atoms with Crippen molar-refractivity contribution in [3.63, 3.8) is 0 Å². The SMILES string of the molecule is Cc1occc1SCCCOc1ccc(N)cc1. The molecule has 0 saturated heterocycles. The van der Waals surface area contributed by atoms with E-state index in [0.29, 0.717) is 6.61 Å². The van der Waals surface area contributed by atoms with E-state index >= 15 is 0 Å². The summed E-state index contributed by atoms with van der Waals surface area (Å²) in [6.45, 7) is 2.70. The summed E-state index contributed by atoms with van der Waals surface area (Å²) in [5.74, 6) is 2.88. The molecule has 0 unspecified atom stereocenters. The van der Waals surface area contributed by atoms with Crippen molar-refractivity contribution in [3.05, 3.63) is 42.4 Å². The first-order valence-corrected chi connectivity index (χ1v) is 6.89. The maximum atomic E-state index is 5.62. The molecule has 0 radical (unpaired) electrons. The number of nitrogen functional groups attached to an aromatic ring is 1. The van der Waals surface area contributed by atoms with Gasteiger partial charge >= 0.3 is 0 Å². The number of ether oxygens (including phenoxy) is 1. The van der Waals surface area contributed by atoms with E-state index in [1.54, 1.807) is 18.0 Å². The summed E-state index contributed by atoms with van der Waals surface area (Å²) < 4.78 is 10.9. The topological polar surface area (TPSA) is 48.4 Å². The molecule has 2 N–H and O–H groups in total. The van der Waals surface area contributed by atoms with Crippen LogP contribution in [0.4, 0.5) is 5.69 Å². The average Bonchev–Trinajstić information content (AvgIpc) is 2.77. The zero-order valence-corrected chi connectivity index (χ0v) is 11.2. The Balaban J connectivity index is 1.64. The van der Waals surface area contributed by atoms with Crippen LogP contribution in [0, 0.1) is 6.92 Å².